The monoisotopic (exact) mass is 466 g/mol. The zero-order valence-corrected chi connectivity index (χ0v) is 18.0. The van der Waals surface area contributed by atoms with E-state index < -0.39 is 6.04 Å². The van der Waals surface area contributed by atoms with Gasteiger partial charge in [-0.25, -0.2) is 0 Å². The maximum atomic E-state index is 12.6. The van der Waals surface area contributed by atoms with Gasteiger partial charge in [-0.05, 0) is 53.4 Å². The van der Waals surface area contributed by atoms with Gasteiger partial charge in [0.25, 0.3) is 5.91 Å². The van der Waals surface area contributed by atoms with E-state index >= 15 is 0 Å². The molecule has 1 aliphatic rings. The largest absolute Gasteiger partial charge is 0.484 e. The molecule has 1 aliphatic carbocycles. The molecule has 3 aromatic rings. The molecule has 30 heavy (non-hydrogen) atoms. The molecular weight excluding hydrogens is 444 g/mol. The van der Waals surface area contributed by atoms with Crippen LogP contribution in [0.25, 0.3) is 10.8 Å². The fourth-order valence-corrected chi connectivity index (χ4v) is 3.64. The Morgan fingerprint density at radius 1 is 1.00 bits per heavy atom. The molecule has 0 radical (unpaired) electrons. The Labute approximate surface area is 183 Å². The number of carbonyl (C=O) groups is 2. The van der Waals surface area contributed by atoms with Crippen molar-refractivity contribution in [3.63, 3.8) is 0 Å². The van der Waals surface area contributed by atoms with Gasteiger partial charge < -0.3 is 15.4 Å². The fourth-order valence-electron chi connectivity index (χ4n) is 3.26. The number of amides is 2. The molecule has 0 aromatic heterocycles. The number of halogens is 1. The predicted octanol–water partition coefficient (Wildman–Crippen LogP) is 3.99. The second kappa shape index (κ2) is 9.30. The molecule has 0 aliphatic heterocycles. The predicted molar refractivity (Wildman–Crippen MR) is 120 cm³/mol. The number of rotatable bonds is 8. The Bertz CT molecular complexity index is 1050. The summed E-state index contributed by atoms with van der Waals surface area (Å²) in [6.45, 7) is -0.149. The molecule has 1 unspecified atom stereocenters. The number of fused-ring (bicyclic) bond motifs is 1. The van der Waals surface area contributed by atoms with E-state index in [1.54, 1.807) is 0 Å². The minimum absolute atomic E-state index is 0.147. The van der Waals surface area contributed by atoms with E-state index in [0.29, 0.717) is 12.2 Å². The highest BCUT2D eigenvalue weighted by Crippen LogP contribution is 2.24. The first-order valence-corrected chi connectivity index (χ1v) is 10.8. The Morgan fingerprint density at radius 2 is 1.73 bits per heavy atom. The second-order valence-corrected chi connectivity index (χ2v) is 8.45. The van der Waals surface area contributed by atoms with Gasteiger partial charge in [0.2, 0.25) is 5.91 Å². The van der Waals surface area contributed by atoms with Crippen molar-refractivity contribution in [1.82, 2.24) is 10.6 Å². The zero-order valence-electron chi connectivity index (χ0n) is 16.4. The summed E-state index contributed by atoms with van der Waals surface area (Å²) in [5, 5.41) is 7.92. The maximum absolute atomic E-state index is 12.6. The number of nitrogens with one attached hydrogen (secondary N) is 2. The molecule has 0 saturated heterocycles. The van der Waals surface area contributed by atoms with Crippen molar-refractivity contribution in [3.8, 4) is 5.75 Å². The van der Waals surface area contributed by atoms with E-state index in [9.17, 15) is 9.59 Å². The summed E-state index contributed by atoms with van der Waals surface area (Å²) in [4.78, 5) is 25.1. The molecule has 1 saturated carbocycles. The molecule has 2 N–H and O–H groups in total. The summed E-state index contributed by atoms with van der Waals surface area (Å²) in [7, 11) is 0. The third-order valence-electron chi connectivity index (χ3n) is 5.00. The van der Waals surface area contributed by atoms with Gasteiger partial charge in [0.1, 0.15) is 11.8 Å². The highest BCUT2D eigenvalue weighted by atomic mass is 79.9. The van der Waals surface area contributed by atoms with Gasteiger partial charge in [0.15, 0.2) is 6.61 Å². The lowest BCUT2D eigenvalue weighted by Crippen LogP contribution is -2.49. The topological polar surface area (TPSA) is 67.4 Å². The normalized spacial score (nSPS) is 14.2. The van der Waals surface area contributed by atoms with Gasteiger partial charge in [0.05, 0.1) is 0 Å². The quantitative estimate of drug-likeness (QED) is 0.527. The number of hydrogen-bond acceptors (Lipinski definition) is 3. The van der Waals surface area contributed by atoms with E-state index in [4.69, 9.17) is 4.74 Å². The lowest BCUT2D eigenvalue weighted by Gasteiger charge is -2.19. The number of hydrogen-bond donors (Lipinski definition) is 2. The Morgan fingerprint density at radius 3 is 2.50 bits per heavy atom. The molecule has 2 amide bonds. The molecular formula is C24H23BrN2O3. The molecule has 4 rings (SSSR count). The Kier molecular flexibility index (Phi) is 6.33. The van der Waals surface area contributed by atoms with Gasteiger partial charge >= 0.3 is 0 Å². The molecule has 0 bridgehead atoms. The summed E-state index contributed by atoms with van der Waals surface area (Å²) in [5.41, 5.74) is 0.996. The van der Waals surface area contributed by atoms with Gasteiger partial charge in [-0.15, -0.1) is 0 Å². The van der Waals surface area contributed by atoms with Gasteiger partial charge in [-0.1, -0.05) is 58.4 Å². The highest BCUT2D eigenvalue weighted by molar-refractivity contribution is 9.10. The van der Waals surface area contributed by atoms with E-state index in [1.807, 2.05) is 66.7 Å². The van der Waals surface area contributed by atoms with Crippen molar-refractivity contribution in [1.29, 1.82) is 0 Å². The lowest BCUT2D eigenvalue weighted by atomic mass is 10.1. The van der Waals surface area contributed by atoms with Crippen LogP contribution in [0.15, 0.2) is 71.2 Å². The second-order valence-electron chi connectivity index (χ2n) is 7.53. The highest BCUT2D eigenvalue weighted by Gasteiger charge is 2.28. The third kappa shape index (κ3) is 5.60. The molecule has 1 atom stereocenters. The Hall–Kier alpha value is -2.86. The van der Waals surface area contributed by atoms with Crippen LogP contribution in [0.1, 0.15) is 18.4 Å². The zero-order chi connectivity index (χ0) is 20.9. The van der Waals surface area contributed by atoms with Gasteiger partial charge in [-0.2, -0.15) is 0 Å². The van der Waals surface area contributed by atoms with Crippen LogP contribution in [0.4, 0.5) is 0 Å². The smallest absolute Gasteiger partial charge is 0.258 e. The van der Waals surface area contributed by atoms with Crippen LogP contribution in [-0.4, -0.2) is 30.5 Å². The molecule has 0 spiro atoms. The lowest BCUT2D eigenvalue weighted by molar-refractivity contribution is -0.130. The van der Waals surface area contributed by atoms with Crippen LogP contribution in [0.3, 0.4) is 0 Å². The van der Waals surface area contributed by atoms with Crippen molar-refractivity contribution in [2.24, 2.45) is 0 Å². The van der Waals surface area contributed by atoms with E-state index in [-0.39, 0.29) is 24.5 Å². The van der Waals surface area contributed by atoms with Crippen LogP contribution in [0.5, 0.6) is 5.75 Å². The molecule has 1 fully saturated rings. The SMILES string of the molecule is O=C(COc1ccc2cc(Br)ccc2c1)NC(Cc1ccccc1)C(=O)NC1CC1. The van der Waals surface area contributed by atoms with Crippen LogP contribution >= 0.6 is 15.9 Å². The first-order valence-electron chi connectivity index (χ1n) is 10.0. The molecule has 0 heterocycles. The average molecular weight is 467 g/mol. The van der Waals surface area contributed by atoms with E-state index in [2.05, 4.69) is 26.6 Å². The van der Waals surface area contributed by atoms with E-state index in [0.717, 1.165) is 33.7 Å². The summed E-state index contributed by atoms with van der Waals surface area (Å²) < 4.78 is 6.69. The molecule has 154 valence electrons. The molecule has 5 nitrogen and oxygen atoms in total. The molecule has 6 heteroatoms. The van der Waals surface area contributed by atoms with Crippen LogP contribution in [0, 0.1) is 0 Å². The van der Waals surface area contributed by atoms with Crippen molar-refractivity contribution in [3.05, 3.63) is 76.8 Å². The summed E-state index contributed by atoms with van der Waals surface area (Å²) >= 11 is 3.46. The van der Waals surface area contributed by atoms with Gasteiger partial charge in [-0.3, -0.25) is 9.59 Å². The standard InChI is InChI=1S/C24H23BrN2O3/c25-19-8-6-18-14-21(11-7-17(18)13-19)30-15-23(28)27-22(24(29)26-20-9-10-20)12-16-4-2-1-3-5-16/h1-8,11,13-14,20,22H,9-10,12,15H2,(H,26,29)(H,27,28). The summed E-state index contributed by atoms with van der Waals surface area (Å²) in [5.74, 6) is 0.144. The summed E-state index contributed by atoms with van der Waals surface area (Å²) in [6.07, 6.45) is 2.44. The number of carbonyl (C=O) groups excluding carboxylic acids is 2. The van der Waals surface area contributed by atoms with Gasteiger partial charge in [0, 0.05) is 16.9 Å². The van der Waals surface area contributed by atoms with Crippen LogP contribution in [-0.2, 0) is 16.0 Å². The van der Waals surface area contributed by atoms with Crippen molar-refractivity contribution in [2.75, 3.05) is 6.61 Å². The van der Waals surface area contributed by atoms with Crippen LogP contribution in [0.2, 0.25) is 0 Å². The van der Waals surface area contributed by atoms with E-state index in [1.165, 1.54) is 0 Å². The number of ether oxygens (including phenoxy) is 1. The average Bonchev–Trinajstić information content (AvgIpc) is 3.56. The fraction of sp³-hybridized carbons (Fsp3) is 0.250. The minimum Gasteiger partial charge on any atom is -0.484 e. The minimum atomic E-state index is -0.627. The third-order valence-corrected chi connectivity index (χ3v) is 5.50. The molecule has 3 aromatic carbocycles. The Balaban J connectivity index is 1.37. The maximum Gasteiger partial charge on any atom is 0.258 e. The van der Waals surface area contributed by atoms with Crippen LogP contribution < -0.4 is 15.4 Å². The first kappa shape index (κ1) is 20.4. The van der Waals surface area contributed by atoms with Crippen molar-refractivity contribution >= 4 is 38.5 Å². The summed E-state index contributed by atoms with van der Waals surface area (Å²) in [6, 6.07) is 21.0. The van der Waals surface area contributed by atoms with Crippen molar-refractivity contribution in [2.45, 2.75) is 31.3 Å². The van der Waals surface area contributed by atoms with Crippen molar-refractivity contribution < 1.29 is 14.3 Å². The number of benzene rings is 3. The first-order chi connectivity index (χ1) is 14.6.